The van der Waals surface area contributed by atoms with Crippen molar-refractivity contribution in [3.63, 3.8) is 0 Å². The normalized spacial score (nSPS) is 13.3. The van der Waals surface area contributed by atoms with E-state index >= 15 is 0 Å². The molecule has 16 heavy (non-hydrogen) atoms. The van der Waals surface area contributed by atoms with Crippen LogP contribution in [-0.4, -0.2) is 27.9 Å². The van der Waals surface area contributed by atoms with Gasteiger partial charge in [0.2, 0.25) is 5.54 Å². The van der Waals surface area contributed by atoms with Gasteiger partial charge in [-0.15, -0.1) is 0 Å². The number of rotatable bonds is 3. The van der Waals surface area contributed by atoms with Gasteiger partial charge in [0.1, 0.15) is 12.0 Å². The number of hydroxylamine groups is 1. The Bertz CT molecular complexity index is 410. The monoisotopic (exact) mass is 224 g/mol. The number of oxime groups is 1. The van der Waals surface area contributed by atoms with E-state index in [0.717, 1.165) is 6.21 Å². The molecule has 0 bridgehead atoms. The van der Waals surface area contributed by atoms with Crippen molar-refractivity contribution >= 4 is 12.4 Å². The predicted octanol–water partition coefficient (Wildman–Crippen LogP) is 1.99. The summed E-state index contributed by atoms with van der Waals surface area (Å²) in [5, 5.41) is 22.9. The first-order valence-corrected chi connectivity index (χ1v) is 4.71. The van der Waals surface area contributed by atoms with E-state index in [1.165, 1.54) is 30.5 Å². The van der Waals surface area contributed by atoms with Crippen molar-refractivity contribution in [2.45, 2.75) is 19.4 Å². The average Bonchev–Trinajstić information content (AvgIpc) is 2.21. The zero-order chi connectivity index (χ0) is 12.2. The lowest BCUT2D eigenvalue weighted by Crippen LogP contribution is -2.35. The molecule has 0 radical (unpaired) electrons. The Balaban J connectivity index is 2.96. The molecule has 0 saturated heterocycles. The molecule has 4 nitrogen and oxygen atoms in total. The SMILES string of the molecule is CC(C)(/C=N\O)[N+]([O-])=Cc1ccc(F)cc1. The van der Waals surface area contributed by atoms with Gasteiger partial charge in [-0.3, -0.25) is 0 Å². The molecule has 0 unspecified atom stereocenters. The van der Waals surface area contributed by atoms with Crippen molar-refractivity contribution in [3.8, 4) is 0 Å². The highest BCUT2D eigenvalue weighted by Gasteiger charge is 2.23. The average molecular weight is 224 g/mol. The van der Waals surface area contributed by atoms with Crippen LogP contribution in [0.5, 0.6) is 0 Å². The van der Waals surface area contributed by atoms with E-state index in [-0.39, 0.29) is 5.82 Å². The highest BCUT2D eigenvalue weighted by atomic mass is 19.1. The Kier molecular flexibility index (Phi) is 3.60. The van der Waals surface area contributed by atoms with Crippen LogP contribution < -0.4 is 0 Å². The number of benzene rings is 1. The topological polar surface area (TPSA) is 58.7 Å². The fourth-order valence-electron chi connectivity index (χ4n) is 1.05. The van der Waals surface area contributed by atoms with Gasteiger partial charge in [-0.05, 0) is 24.3 Å². The predicted molar refractivity (Wildman–Crippen MR) is 59.6 cm³/mol. The van der Waals surface area contributed by atoms with Crippen LogP contribution in [-0.2, 0) is 0 Å². The largest absolute Gasteiger partial charge is 0.623 e. The summed E-state index contributed by atoms with van der Waals surface area (Å²) in [5.41, 5.74) is -0.376. The summed E-state index contributed by atoms with van der Waals surface area (Å²) in [7, 11) is 0. The molecule has 0 atom stereocenters. The molecule has 0 saturated carbocycles. The van der Waals surface area contributed by atoms with Crippen molar-refractivity contribution < 1.29 is 14.3 Å². The lowest BCUT2D eigenvalue weighted by atomic mass is 10.1. The van der Waals surface area contributed by atoms with Crippen LogP contribution in [0.4, 0.5) is 4.39 Å². The highest BCUT2D eigenvalue weighted by Crippen LogP contribution is 2.06. The Labute approximate surface area is 92.9 Å². The number of nitrogens with zero attached hydrogens (tertiary/aromatic N) is 2. The molecule has 0 aromatic heterocycles. The van der Waals surface area contributed by atoms with Gasteiger partial charge >= 0.3 is 0 Å². The minimum absolute atomic E-state index is 0.356. The molecule has 1 rings (SSSR count). The fraction of sp³-hybridized carbons (Fsp3) is 0.273. The maximum atomic E-state index is 12.6. The summed E-state index contributed by atoms with van der Waals surface area (Å²) in [6.07, 6.45) is 2.43. The molecule has 86 valence electrons. The van der Waals surface area contributed by atoms with Crippen molar-refractivity contribution in [1.29, 1.82) is 0 Å². The summed E-state index contributed by atoms with van der Waals surface area (Å²) < 4.78 is 13.3. The van der Waals surface area contributed by atoms with Gasteiger partial charge in [0, 0.05) is 19.4 Å². The molecular formula is C11H13FN2O2. The van der Waals surface area contributed by atoms with E-state index < -0.39 is 5.54 Å². The van der Waals surface area contributed by atoms with E-state index in [0.29, 0.717) is 10.3 Å². The second-order valence-corrected chi connectivity index (χ2v) is 3.90. The summed E-state index contributed by atoms with van der Waals surface area (Å²) in [6.45, 7) is 3.19. The number of halogens is 1. The third kappa shape index (κ3) is 3.05. The molecule has 0 aliphatic rings. The van der Waals surface area contributed by atoms with Gasteiger partial charge in [0.05, 0.1) is 0 Å². The molecule has 0 fully saturated rings. The van der Waals surface area contributed by atoms with E-state index in [4.69, 9.17) is 5.21 Å². The highest BCUT2D eigenvalue weighted by molar-refractivity contribution is 5.77. The van der Waals surface area contributed by atoms with E-state index in [2.05, 4.69) is 5.16 Å². The summed E-state index contributed by atoms with van der Waals surface area (Å²) in [6, 6.07) is 5.53. The molecule has 0 aliphatic heterocycles. The summed E-state index contributed by atoms with van der Waals surface area (Å²) in [5.74, 6) is -0.356. The van der Waals surface area contributed by atoms with Crippen molar-refractivity contribution in [2.24, 2.45) is 5.16 Å². The van der Waals surface area contributed by atoms with Gasteiger partial charge < -0.3 is 10.4 Å². The van der Waals surface area contributed by atoms with Crippen LogP contribution in [0.1, 0.15) is 19.4 Å². The third-order valence-corrected chi connectivity index (χ3v) is 2.08. The second-order valence-electron chi connectivity index (χ2n) is 3.90. The van der Waals surface area contributed by atoms with E-state index in [1.54, 1.807) is 13.8 Å². The molecule has 1 aromatic rings. The van der Waals surface area contributed by atoms with Gasteiger partial charge in [0.15, 0.2) is 6.21 Å². The van der Waals surface area contributed by atoms with Gasteiger partial charge in [-0.2, -0.15) is 0 Å². The lowest BCUT2D eigenvalue weighted by Gasteiger charge is -2.18. The van der Waals surface area contributed by atoms with E-state index in [9.17, 15) is 9.60 Å². The molecule has 1 N–H and O–H groups in total. The van der Waals surface area contributed by atoms with Crippen LogP contribution in [0.25, 0.3) is 0 Å². The van der Waals surface area contributed by atoms with Crippen molar-refractivity contribution in [1.82, 2.24) is 0 Å². The van der Waals surface area contributed by atoms with Gasteiger partial charge in [-0.25, -0.2) is 9.13 Å². The quantitative estimate of drug-likeness (QED) is 0.280. The lowest BCUT2D eigenvalue weighted by molar-refractivity contribution is -0.511. The maximum Gasteiger partial charge on any atom is 0.205 e. The minimum Gasteiger partial charge on any atom is -0.623 e. The Morgan fingerprint density at radius 2 is 1.94 bits per heavy atom. The number of hydrogen-bond acceptors (Lipinski definition) is 3. The zero-order valence-electron chi connectivity index (χ0n) is 9.09. The van der Waals surface area contributed by atoms with Crippen LogP contribution in [0.2, 0.25) is 0 Å². The molecular weight excluding hydrogens is 211 g/mol. The summed E-state index contributed by atoms with van der Waals surface area (Å²) >= 11 is 0. The van der Waals surface area contributed by atoms with Crippen LogP contribution in [0.3, 0.4) is 0 Å². The van der Waals surface area contributed by atoms with Crippen LogP contribution in [0.15, 0.2) is 29.4 Å². The zero-order valence-corrected chi connectivity index (χ0v) is 9.09. The second kappa shape index (κ2) is 4.74. The smallest absolute Gasteiger partial charge is 0.205 e. The molecule has 0 heterocycles. The summed E-state index contributed by atoms with van der Waals surface area (Å²) in [4.78, 5) is 0. The molecule has 1 aromatic carbocycles. The Morgan fingerprint density at radius 1 is 1.38 bits per heavy atom. The van der Waals surface area contributed by atoms with Crippen LogP contribution >= 0.6 is 0 Å². The first-order chi connectivity index (χ1) is 7.45. The first-order valence-electron chi connectivity index (χ1n) is 4.71. The first kappa shape index (κ1) is 12.2. The Hall–Kier alpha value is -1.91. The fourth-order valence-corrected chi connectivity index (χ4v) is 1.05. The van der Waals surface area contributed by atoms with Gasteiger partial charge in [0.25, 0.3) is 0 Å². The molecule has 0 aliphatic carbocycles. The Morgan fingerprint density at radius 3 is 2.44 bits per heavy atom. The van der Waals surface area contributed by atoms with Crippen LogP contribution in [0, 0.1) is 11.0 Å². The minimum atomic E-state index is -0.955. The number of hydrogen-bond donors (Lipinski definition) is 1. The van der Waals surface area contributed by atoms with E-state index in [1.807, 2.05) is 0 Å². The van der Waals surface area contributed by atoms with Gasteiger partial charge in [-0.1, -0.05) is 5.16 Å². The standard InChI is InChI=1S/C11H13FN2O2/c1-11(2,8-13-15)14(16)7-9-3-5-10(12)6-4-9/h3-8,15H,1-2H3/b13-8-,14-7?. The molecule has 0 spiro atoms. The molecule has 5 heteroatoms. The molecule has 0 amide bonds. The maximum absolute atomic E-state index is 12.6. The van der Waals surface area contributed by atoms with Crippen molar-refractivity contribution in [2.75, 3.05) is 0 Å². The third-order valence-electron chi connectivity index (χ3n) is 2.08. The van der Waals surface area contributed by atoms with Crippen molar-refractivity contribution in [3.05, 3.63) is 40.9 Å².